The molecular formula is C20H19N3O3. The van der Waals surface area contributed by atoms with Crippen LogP contribution in [0.4, 0.5) is 0 Å². The average molecular weight is 349 g/mol. The van der Waals surface area contributed by atoms with E-state index in [1.165, 1.54) is 5.69 Å². The monoisotopic (exact) mass is 349 g/mol. The van der Waals surface area contributed by atoms with Crippen LogP contribution in [0.15, 0.2) is 48.5 Å². The second-order valence-electron chi connectivity index (χ2n) is 6.34. The van der Waals surface area contributed by atoms with Gasteiger partial charge < -0.3 is 20.4 Å². The molecule has 0 radical (unpaired) electrons. The van der Waals surface area contributed by atoms with Crippen LogP contribution in [-0.4, -0.2) is 34.8 Å². The molecule has 2 heterocycles. The minimum Gasteiger partial charge on any atom is -0.483 e. The number of nitrogens with two attached hydrogens (primary N) is 1. The van der Waals surface area contributed by atoms with Crippen molar-refractivity contribution in [3.63, 3.8) is 0 Å². The summed E-state index contributed by atoms with van der Waals surface area (Å²) in [5.41, 5.74) is 9.07. The standard InChI is InChI=1S/C20H19N3O3/c21-20(25)14-6-2-4-8-18(14)26-12-19(24)23-10-9-17-15(11-23)13-5-1-3-7-16(13)22-17/h1-8,22H,9-12H2,(H2,21,25). The first kappa shape index (κ1) is 16.2. The van der Waals surface area contributed by atoms with Gasteiger partial charge in [0, 0.05) is 41.7 Å². The molecule has 0 aliphatic carbocycles. The molecule has 2 aromatic carbocycles. The summed E-state index contributed by atoms with van der Waals surface area (Å²) in [7, 11) is 0. The average Bonchev–Trinajstić information content (AvgIpc) is 3.04. The summed E-state index contributed by atoms with van der Waals surface area (Å²) in [4.78, 5) is 29.3. The number of nitrogens with zero attached hydrogens (tertiary/aromatic N) is 1. The third-order valence-electron chi connectivity index (χ3n) is 4.74. The highest BCUT2D eigenvalue weighted by molar-refractivity contribution is 5.95. The van der Waals surface area contributed by atoms with Crippen LogP contribution in [-0.2, 0) is 17.8 Å². The molecule has 0 fully saturated rings. The van der Waals surface area contributed by atoms with Gasteiger partial charge in [0.1, 0.15) is 5.75 Å². The molecule has 0 spiro atoms. The van der Waals surface area contributed by atoms with Gasteiger partial charge in [0.15, 0.2) is 6.61 Å². The number of H-pyrrole nitrogens is 1. The number of primary amides is 1. The SMILES string of the molecule is NC(=O)c1ccccc1OCC(=O)N1CCc2[nH]c3ccccc3c2C1. The Hall–Kier alpha value is -3.28. The highest BCUT2D eigenvalue weighted by Crippen LogP contribution is 2.27. The van der Waals surface area contributed by atoms with Gasteiger partial charge >= 0.3 is 0 Å². The summed E-state index contributed by atoms with van der Waals surface area (Å²) in [6.45, 7) is 1.07. The maximum atomic E-state index is 12.6. The van der Waals surface area contributed by atoms with E-state index in [4.69, 9.17) is 10.5 Å². The van der Waals surface area contributed by atoms with Crippen molar-refractivity contribution in [3.8, 4) is 5.75 Å². The molecule has 0 saturated heterocycles. The summed E-state index contributed by atoms with van der Waals surface area (Å²) in [5, 5.41) is 1.15. The van der Waals surface area contributed by atoms with Gasteiger partial charge in [0.05, 0.1) is 5.56 Å². The second kappa shape index (κ2) is 6.55. The quantitative estimate of drug-likeness (QED) is 0.757. The molecule has 3 N–H and O–H groups in total. The Balaban J connectivity index is 1.48. The van der Waals surface area contributed by atoms with Crippen LogP contribution in [0.3, 0.4) is 0 Å². The van der Waals surface area contributed by atoms with Crippen LogP contribution >= 0.6 is 0 Å². The zero-order chi connectivity index (χ0) is 18.1. The van der Waals surface area contributed by atoms with E-state index in [2.05, 4.69) is 11.1 Å². The molecule has 0 saturated carbocycles. The number of hydrogen-bond donors (Lipinski definition) is 2. The minimum atomic E-state index is -0.575. The number of aromatic nitrogens is 1. The van der Waals surface area contributed by atoms with E-state index in [1.54, 1.807) is 29.2 Å². The van der Waals surface area contributed by atoms with E-state index in [0.29, 0.717) is 18.8 Å². The van der Waals surface area contributed by atoms with Crippen molar-refractivity contribution in [2.45, 2.75) is 13.0 Å². The highest BCUT2D eigenvalue weighted by atomic mass is 16.5. The number of nitrogens with one attached hydrogen (secondary N) is 1. The lowest BCUT2D eigenvalue weighted by Gasteiger charge is -2.27. The molecule has 0 bridgehead atoms. The first-order chi connectivity index (χ1) is 12.6. The van der Waals surface area contributed by atoms with Crippen LogP contribution in [0.1, 0.15) is 21.6 Å². The van der Waals surface area contributed by atoms with E-state index in [-0.39, 0.29) is 18.1 Å². The normalized spacial score (nSPS) is 13.5. The summed E-state index contributed by atoms with van der Waals surface area (Å²) >= 11 is 0. The fourth-order valence-corrected chi connectivity index (χ4v) is 3.41. The lowest BCUT2D eigenvalue weighted by atomic mass is 10.0. The number of benzene rings is 2. The van der Waals surface area contributed by atoms with Crippen molar-refractivity contribution >= 4 is 22.7 Å². The van der Waals surface area contributed by atoms with E-state index >= 15 is 0 Å². The van der Waals surface area contributed by atoms with Crippen molar-refractivity contribution in [1.82, 2.24) is 9.88 Å². The van der Waals surface area contributed by atoms with Crippen molar-refractivity contribution in [2.24, 2.45) is 5.73 Å². The van der Waals surface area contributed by atoms with E-state index < -0.39 is 5.91 Å². The van der Waals surface area contributed by atoms with Crippen molar-refractivity contribution in [2.75, 3.05) is 13.2 Å². The van der Waals surface area contributed by atoms with Crippen LogP contribution < -0.4 is 10.5 Å². The number of carbonyl (C=O) groups excluding carboxylic acids is 2. The third kappa shape index (κ3) is 2.90. The number of amides is 2. The maximum Gasteiger partial charge on any atom is 0.260 e. The smallest absolute Gasteiger partial charge is 0.260 e. The molecule has 1 aliphatic heterocycles. The Bertz CT molecular complexity index is 993. The number of ether oxygens (including phenoxy) is 1. The van der Waals surface area contributed by atoms with Crippen LogP contribution in [0, 0.1) is 0 Å². The predicted molar refractivity (Wildman–Crippen MR) is 97.9 cm³/mol. The number of aromatic amines is 1. The Morgan fingerprint density at radius 3 is 2.73 bits per heavy atom. The molecule has 0 unspecified atom stereocenters. The van der Waals surface area contributed by atoms with Gasteiger partial charge in [0.25, 0.3) is 11.8 Å². The first-order valence-electron chi connectivity index (χ1n) is 8.51. The van der Waals surface area contributed by atoms with Gasteiger partial charge in [0.2, 0.25) is 0 Å². The van der Waals surface area contributed by atoms with Crippen LogP contribution in [0.2, 0.25) is 0 Å². The van der Waals surface area contributed by atoms with E-state index in [1.807, 2.05) is 18.2 Å². The molecule has 26 heavy (non-hydrogen) atoms. The van der Waals surface area contributed by atoms with E-state index in [9.17, 15) is 9.59 Å². The van der Waals surface area contributed by atoms with Crippen molar-refractivity contribution in [1.29, 1.82) is 0 Å². The molecule has 0 atom stereocenters. The van der Waals surface area contributed by atoms with Crippen LogP contribution in [0.5, 0.6) is 5.75 Å². The molecule has 4 rings (SSSR count). The summed E-state index contributed by atoms with van der Waals surface area (Å²) in [6, 6.07) is 14.8. The number of rotatable bonds is 4. The Morgan fingerprint density at radius 1 is 1.12 bits per heavy atom. The topological polar surface area (TPSA) is 88.4 Å². The minimum absolute atomic E-state index is 0.111. The van der Waals surface area contributed by atoms with Gasteiger partial charge in [-0.1, -0.05) is 30.3 Å². The number of hydrogen-bond acceptors (Lipinski definition) is 3. The molecule has 1 aliphatic rings. The second-order valence-corrected chi connectivity index (χ2v) is 6.34. The molecule has 3 aromatic rings. The maximum absolute atomic E-state index is 12.6. The summed E-state index contributed by atoms with van der Waals surface area (Å²) in [6.07, 6.45) is 0.785. The zero-order valence-electron chi connectivity index (χ0n) is 14.2. The molecule has 2 amide bonds. The fraction of sp³-hybridized carbons (Fsp3) is 0.200. The number of fused-ring (bicyclic) bond motifs is 3. The third-order valence-corrected chi connectivity index (χ3v) is 4.74. The zero-order valence-corrected chi connectivity index (χ0v) is 14.2. The Labute approximate surface area is 150 Å². The number of para-hydroxylation sites is 2. The summed E-state index contributed by atoms with van der Waals surface area (Å²) < 4.78 is 5.57. The highest BCUT2D eigenvalue weighted by Gasteiger charge is 2.24. The van der Waals surface area contributed by atoms with Gasteiger partial charge in [-0.2, -0.15) is 0 Å². The van der Waals surface area contributed by atoms with Gasteiger partial charge in [-0.05, 0) is 18.2 Å². The first-order valence-corrected chi connectivity index (χ1v) is 8.51. The Kier molecular flexibility index (Phi) is 4.08. The van der Waals surface area contributed by atoms with Crippen molar-refractivity contribution < 1.29 is 14.3 Å². The molecule has 6 heteroatoms. The molecular weight excluding hydrogens is 330 g/mol. The molecule has 1 aromatic heterocycles. The van der Waals surface area contributed by atoms with E-state index in [0.717, 1.165) is 22.9 Å². The fourth-order valence-electron chi connectivity index (χ4n) is 3.41. The van der Waals surface area contributed by atoms with Crippen molar-refractivity contribution in [3.05, 3.63) is 65.4 Å². The lowest BCUT2D eigenvalue weighted by molar-refractivity contribution is -0.134. The largest absolute Gasteiger partial charge is 0.483 e. The summed E-state index contributed by atoms with van der Waals surface area (Å²) in [5.74, 6) is -0.354. The van der Waals surface area contributed by atoms with Crippen LogP contribution in [0.25, 0.3) is 10.9 Å². The molecule has 6 nitrogen and oxygen atoms in total. The van der Waals surface area contributed by atoms with Gasteiger partial charge in [-0.25, -0.2) is 0 Å². The Morgan fingerprint density at radius 2 is 1.88 bits per heavy atom. The lowest BCUT2D eigenvalue weighted by Crippen LogP contribution is -2.38. The van der Waals surface area contributed by atoms with Gasteiger partial charge in [-0.3, -0.25) is 9.59 Å². The van der Waals surface area contributed by atoms with Gasteiger partial charge in [-0.15, -0.1) is 0 Å². The predicted octanol–water partition coefficient (Wildman–Crippen LogP) is 2.23. The number of carbonyl (C=O) groups is 2. The molecule has 132 valence electrons.